The lowest BCUT2D eigenvalue weighted by atomic mass is 9.87. The highest BCUT2D eigenvalue weighted by Gasteiger charge is 2.47. The standard InChI is InChI=1S/C27H37NO5S/c1-19(2)18-33-24-9-7-8-23(17-24)25-11-10-22(16-20(25)3)21-12-14-28(15-13-21)34(30,31)27(4,5)26(29)32-6/h7-11,16-17,19,21H,12-15,18H2,1-6H3. The molecule has 34 heavy (non-hydrogen) atoms. The van der Waals surface area contributed by atoms with Gasteiger partial charge in [0.2, 0.25) is 10.0 Å². The predicted molar refractivity (Wildman–Crippen MR) is 136 cm³/mol. The number of hydrogen-bond acceptors (Lipinski definition) is 5. The molecule has 7 heteroatoms. The summed E-state index contributed by atoms with van der Waals surface area (Å²) in [6.07, 6.45) is 1.43. The Morgan fingerprint density at radius 3 is 2.38 bits per heavy atom. The normalized spacial score (nSPS) is 16.0. The summed E-state index contributed by atoms with van der Waals surface area (Å²) in [6.45, 7) is 10.7. The van der Waals surface area contributed by atoms with Gasteiger partial charge in [0.1, 0.15) is 5.75 Å². The number of methoxy groups -OCH3 is 1. The number of esters is 1. The van der Waals surface area contributed by atoms with Crippen LogP contribution in [0.15, 0.2) is 42.5 Å². The van der Waals surface area contributed by atoms with E-state index in [1.54, 1.807) is 0 Å². The minimum absolute atomic E-state index is 0.279. The molecule has 0 N–H and O–H groups in total. The summed E-state index contributed by atoms with van der Waals surface area (Å²) >= 11 is 0. The van der Waals surface area contributed by atoms with Crippen molar-refractivity contribution >= 4 is 16.0 Å². The van der Waals surface area contributed by atoms with Gasteiger partial charge in [-0.1, -0.05) is 44.2 Å². The van der Waals surface area contributed by atoms with Crippen LogP contribution < -0.4 is 4.74 Å². The fraction of sp³-hybridized carbons (Fsp3) is 0.519. The lowest BCUT2D eigenvalue weighted by molar-refractivity contribution is -0.142. The summed E-state index contributed by atoms with van der Waals surface area (Å²) in [6, 6.07) is 14.7. The number of sulfonamides is 1. The molecule has 1 aliphatic rings. The minimum atomic E-state index is -3.80. The van der Waals surface area contributed by atoms with Crippen molar-refractivity contribution in [3.05, 3.63) is 53.6 Å². The molecule has 1 saturated heterocycles. The van der Waals surface area contributed by atoms with Crippen LogP contribution in [0.5, 0.6) is 5.75 Å². The second-order valence-electron chi connectivity index (χ2n) is 9.99. The van der Waals surface area contributed by atoms with Crippen LogP contribution in [0, 0.1) is 12.8 Å². The molecule has 1 heterocycles. The van der Waals surface area contributed by atoms with E-state index >= 15 is 0 Å². The molecule has 0 bridgehead atoms. The minimum Gasteiger partial charge on any atom is -0.493 e. The molecule has 0 aliphatic carbocycles. The number of hydrogen-bond donors (Lipinski definition) is 0. The molecule has 6 nitrogen and oxygen atoms in total. The lowest BCUT2D eigenvalue weighted by Gasteiger charge is -2.35. The van der Waals surface area contributed by atoms with Gasteiger partial charge in [0.25, 0.3) is 0 Å². The van der Waals surface area contributed by atoms with Gasteiger partial charge >= 0.3 is 5.97 Å². The van der Waals surface area contributed by atoms with Crippen molar-refractivity contribution in [2.75, 3.05) is 26.8 Å². The molecule has 0 amide bonds. The monoisotopic (exact) mass is 487 g/mol. The Morgan fingerprint density at radius 1 is 1.12 bits per heavy atom. The van der Waals surface area contributed by atoms with Crippen LogP contribution in [0.2, 0.25) is 0 Å². The number of carbonyl (C=O) groups excluding carboxylic acids is 1. The second kappa shape index (κ2) is 10.5. The van der Waals surface area contributed by atoms with Gasteiger partial charge in [0.05, 0.1) is 13.7 Å². The lowest BCUT2D eigenvalue weighted by Crippen LogP contribution is -2.52. The largest absolute Gasteiger partial charge is 0.493 e. The molecular formula is C27H37NO5S. The fourth-order valence-electron chi connectivity index (χ4n) is 4.38. The van der Waals surface area contributed by atoms with Crippen molar-refractivity contribution in [1.29, 1.82) is 0 Å². The third kappa shape index (κ3) is 5.47. The summed E-state index contributed by atoms with van der Waals surface area (Å²) < 4.78 is 36.5. The number of benzene rings is 2. The van der Waals surface area contributed by atoms with Crippen LogP contribution in [0.1, 0.15) is 57.6 Å². The second-order valence-corrected chi connectivity index (χ2v) is 12.5. The molecule has 0 spiro atoms. The van der Waals surface area contributed by atoms with E-state index in [1.165, 1.54) is 42.0 Å². The number of ether oxygens (including phenoxy) is 2. The van der Waals surface area contributed by atoms with Gasteiger partial charge in [-0.05, 0) is 79.8 Å². The van der Waals surface area contributed by atoms with E-state index in [0.29, 0.717) is 38.5 Å². The molecule has 2 aromatic carbocycles. The van der Waals surface area contributed by atoms with Gasteiger partial charge in [0, 0.05) is 13.1 Å². The SMILES string of the molecule is COC(=O)C(C)(C)S(=O)(=O)N1CCC(c2ccc(-c3cccc(OCC(C)C)c3)c(C)c2)CC1. The van der Waals surface area contributed by atoms with Crippen molar-refractivity contribution in [3.8, 4) is 16.9 Å². The van der Waals surface area contributed by atoms with Crippen LogP contribution in [0.25, 0.3) is 11.1 Å². The van der Waals surface area contributed by atoms with Crippen molar-refractivity contribution < 1.29 is 22.7 Å². The average molecular weight is 488 g/mol. The Morgan fingerprint density at radius 2 is 1.79 bits per heavy atom. The molecule has 1 fully saturated rings. The Labute approximate surface area is 204 Å². The number of rotatable bonds is 8. The Kier molecular flexibility index (Phi) is 8.09. The Hall–Kier alpha value is -2.38. The number of aryl methyl sites for hydroxylation is 1. The number of carbonyl (C=O) groups is 1. The van der Waals surface area contributed by atoms with E-state index in [4.69, 9.17) is 9.47 Å². The predicted octanol–water partition coefficient (Wildman–Crippen LogP) is 5.16. The van der Waals surface area contributed by atoms with Crippen LogP contribution in [0.3, 0.4) is 0 Å². The summed E-state index contributed by atoms with van der Waals surface area (Å²) in [4.78, 5) is 12.0. The van der Waals surface area contributed by atoms with E-state index in [-0.39, 0.29) is 5.92 Å². The first kappa shape index (κ1) is 26.2. The van der Waals surface area contributed by atoms with E-state index in [9.17, 15) is 13.2 Å². The fourth-order valence-corrected chi connectivity index (χ4v) is 6.02. The molecule has 0 radical (unpaired) electrons. The number of piperidine rings is 1. The zero-order valence-electron chi connectivity index (χ0n) is 21.1. The molecule has 186 valence electrons. The van der Waals surface area contributed by atoms with E-state index in [2.05, 4.69) is 51.1 Å². The molecule has 0 unspecified atom stereocenters. The Balaban J connectivity index is 1.71. The highest BCUT2D eigenvalue weighted by atomic mass is 32.2. The summed E-state index contributed by atoms with van der Waals surface area (Å²) in [7, 11) is -2.58. The van der Waals surface area contributed by atoms with Gasteiger partial charge in [-0.15, -0.1) is 0 Å². The smallest absolute Gasteiger partial charge is 0.328 e. The molecular weight excluding hydrogens is 450 g/mol. The summed E-state index contributed by atoms with van der Waals surface area (Å²) in [5.74, 6) is 0.886. The first-order valence-electron chi connectivity index (χ1n) is 11.9. The highest BCUT2D eigenvalue weighted by Crippen LogP contribution is 2.35. The van der Waals surface area contributed by atoms with Gasteiger partial charge in [-0.2, -0.15) is 0 Å². The maximum atomic E-state index is 13.0. The van der Waals surface area contributed by atoms with Crippen LogP contribution in [-0.2, 0) is 19.6 Å². The first-order valence-corrected chi connectivity index (χ1v) is 13.3. The van der Waals surface area contributed by atoms with Crippen LogP contribution in [-0.4, -0.2) is 50.2 Å². The quantitative estimate of drug-likeness (QED) is 0.481. The number of nitrogens with zero attached hydrogens (tertiary/aromatic N) is 1. The topological polar surface area (TPSA) is 72.9 Å². The molecule has 0 aromatic heterocycles. The van der Waals surface area contributed by atoms with Crippen LogP contribution in [0.4, 0.5) is 0 Å². The molecule has 2 aromatic rings. The summed E-state index contributed by atoms with van der Waals surface area (Å²) in [5, 5.41) is 0. The van der Waals surface area contributed by atoms with Gasteiger partial charge in [0.15, 0.2) is 4.75 Å². The van der Waals surface area contributed by atoms with Gasteiger partial charge in [-0.25, -0.2) is 12.7 Å². The third-order valence-corrected chi connectivity index (χ3v) is 9.07. The molecule has 3 rings (SSSR count). The molecule has 0 atom stereocenters. The first-order chi connectivity index (χ1) is 16.0. The van der Waals surface area contributed by atoms with Crippen molar-refractivity contribution in [1.82, 2.24) is 4.31 Å². The summed E-state index contributed by atoms with van der Waals surface area (Å²) in [5.41, 5.74) is 4.69. The highest BCUT2D eigenvalue weighted by molar-refractivity contribution is 7.91. The maximum Gasteiger partial charge on any atom is 0.328 e. The van der Waals surface area contributed by atoms with E-state index in [1.807, 2.05) is 12.1 Å². The van der Waals surface area contributed by atoms with E-state index < -0.39 is 20.7 Å². The average Bonchev–Trinajstić information content (AvgIpc) is 2.82. The van der Waals surface area contributed by atoms with Crippen molar-refractivity contribution in [2.24, 2.45) is 5.92 Å². The van der Waals surface area contributed by atoms with Gasteiger partial charge in [-0.3, -0.25) is 4.79 Å². The van der Waals surface area contributed by atoms with Crippen molar-refractivity contribution in [3.63, 3.8) is 0 Å². The van der Waals surface area contributed by atoms with Crippen LogP contribution >= 0.6 is 0 Å². The van der Waals surface area contributed by atoms with Crippen molar-refractivity contribution in [2.45, 2.75) is 58.1 Å². The third-order valence-electron chi connectivity index (χ3n) is 6.57. The Bertz CT molecular complexity index is 1120. The van der Waals surface area contributed by atoms with Gasteiger partial charge < -0.3 is 9.47 Å². The van der Waals surface area contributed by atoms with E-state index in [0.717, 1.165) is 11.3 Å². The molecule has 1 aliphatic heterocycles. The zero-order chi connectivity index (χ0) is 25.1. The molecule has 0 saturated carbocycles. The zero-order valence-corrected chi connectivity index (χ0v) is 21.9. The maximum absolute atomic E-state index is 13.0.